The van der Waals surface area contributed by atoms with E-state index in [4.69, 9.17) is 10.5 Å². The van der Waals surface area contributed by atoms with Gasteiger partial charge in [0.15, 0.2) is 0 Å². The highest BCUT2D eigenvalue weighted by molar-refractivity contribution is 5.85. The number of nitrogens with one attached hydrogen (secondary N) is 1. The lowest BCUT2D eigenvalue weighted by Crippen LogP contribution is -2.46. The van der Waals surface area contributed by atoms with E-state index in [1.54, 1.807) is 0 Å². The van der Waals surface area contributed by atoms with Crippen LogP contribution in [0, 0.1) is 11.8 Å². The van der Waals surface area contributed by atoms with Crippen LogP contribution in [0.15, 0.2) is 0 Å². The summed E-state index contributed by atoms with van der Waals surface area (Å²) in [6, 6.07) is -0.316. The molecule has 1 unspecified atom stereocenters. The topological polar surface area (TPSA) is 81.4 Å². The molecule has 19 heavy (non-hydrogen) atoms. The molecule has 5 heteroatoms. The van der Waals surface area contributed by atoms with E-state index in [1.807, 2.05) is 13.8 Å². The molecule has 0 heterocycles. The van der Waals surface area contributed by atoms with Crippen molar-refractivity contribution in [2.24, 2.45) is 17.6 Å². The molecule has 3 N–H and O–H groups in total. The van der Waals surface area contributed by atoms with Gasteiger partial charge >= 0.3 is 5.97 Å². The fourth-order valence-corrected chi connectivity index (χ4v) is 2.50. The summed E-state index contributed by atoms with van der Waals surface area (Å²) >= 11 is 0. The van der Waals surface area contributed by atoms with E-state index in [2.05, 4.69) is 5.32 Å². The van der Waals surface area contributed by atoms with Gasteiger partial charge in [0.05, 0.1) is 7.11 Å². The summed E-state index contributed by atoms with van der Waals surface area (Å²) in [5, 5.41) is 2.83. The summed E-state index contributed by atoms with van der Waals surface area (Å²) in [4.78, 5) is 23.8. The van der Waals surface area contributed by atoms with Crippen LogP contribution >= 0.6 is 0 Å². The smallest absolute Gasteiger partial charge is 0.328 e. The number of amides is 1. The van der Waals surface area contributed by atoms with E-state index >= 15 is 0 Å². The fraction of sp³-hybridized carbons (Fsp3) is 0.857. The monoisotopic (exact) mass is 270 g/mol. The number of carbonyl (C=O) groups is 2. The van der Waals surface area contributed by atoms with Gasteiger partial charge < -0.3 is 15.8 Å². The van der Waals surface area contributed by atoms with Gasteiger partial charge in [0.1, 0.15) is 6.04 Å². The van der Waals surface area contributed by atoms with Crippen molar-refractivity contribution in [2.45, 2.75) is 58.0 Å². The molecule has 0 spiro atoms. The molecule has 1 saturated carbocycles. The Morgan fingerprint density at radius 2 is 1.84 bits per heavy atom. The van der Waals surface area contributed by atoms with Gasteiger partial charge in [0.25, 0.3) is 0 Å². The van der Waals surface area contributed by atoms with Gasteiger partial charge in [-0.2, -0.15) is 0 Å². The Balaban J connectivity index is 2.53. The molecule has 0 saturated heterocycles. The molecule has 1 aliphatic rings. The lowest BCUT2D eigenvalue weighted by molar-refractivity contribution is -0.146. The molecule has 1 aliphatic carbocycles. The molecule has 0 aromatic heterocycles. The predicted octanol–water partition coefficient (Wildman–Crippen LogP) is 1.21. The Morgan fingerprint density at radius 3 is 2.32 bits per heavy atom. The normalized spacial score (nSPS) is 24.9. The first-order valence-electron chi connectivity index (χ1n) is 7.07. The van der Waals surface area contributed by atoms with Gasteiger partial charge in [-0.05, 0) is 38.0 Å². The SMILES string of the molecule is COC(=O)C(CC(C)C)NC(=O)C1CCC(N)CC1. The van der Waals surface area contributed by atoms with E-state index in [0.29, 0.717) is 12.3 Å². The second-order valence-corrected chi connectivity index (χ2v) is 5.83. The summed E-state index contributed by atoms with van der Waals surface area (Å²) in [6.45, 7) is 4.03. The maximum Gasteiger partial charge on any atom is 0.328 e. The van der Waals surface area contributed by atoms with Crippen molar-refractivity contribution in [1.82, 2.24) is 5.32 Å². The van der Waals surface area contributed by atoms with Gasteiger partial charge in [-0.3, -0.25) is 4.79 Å². The van der Waals surface area contributed by atoms with Crippen molar-refractivity contribution in [3.8, 4) is 0 Å². The number of rotatable bonds is 5. The molecule has 5 nitrogen and oxygen atoms in total. The van der Waals surface area contributed by atoms with Crippen molar-refractivity contribution >= 4 is 11.9 Å². The second-order valence-electron chi connectivity index (χ2n) is 5.83. The first-order valence-corrected chi connectivity index (χ1v) is 7.07. The zero-order valence-electron chi connectivity index (χ0n) is 12.1. The van der Waals surface area contributed by atoms with Crippen LogP contribution in [-0.4, -0.2) is 31.1 Å². The minimum absolute atomic E-state index is 0.0147. The molecule has 110 valence electrons. The van der Waals surface area contributed by atoms with Crippen LogP contribution in [0.2, 0.25) is 0 Å². The van der Waals surface area contributed by atoms with Gasteiger partial charge in [-0.1, -0.05) is 13.8 Å². The van der Waals surface area contributed by atoms with Crippen LogP contribution < -0.4 is 11.1 Å². The van der Waals surface area contributed by atoms with E-state index < -0.39 is 6.04 Å². The molecule has 0 aromatic carbocycles. The molecule has 0 radical (unpaired) electrons. The zero-order chi connectivity index (χ0) is 14.4. The first kappa shape index (κ1) is 16.0. The third-order valence-electron chi connectivity index (χ3n) is 3.65. The van der Waals surface area contributed by atoms with Gasteiger partial charge in [0, 0.05) is 12.0 Å². The van der Waals surface area contributed by atoms with Crippen LogP contribution in [0.1, 0.15) is 46.0 Å². The molecular formula is C14H26N2O3. The Hall–Kier alpha value is -1.10. The third kappa shape index (κ3) is 5.19. The van der Waals surface area contributed by atoms with Gasteiger partial charge in [0.2, 0.25) is 5.91 Å². The third-order valence-corrected chi connectivity index (χ3v) is 3.65. The highest BCUT2D eigenvalue weighted by atomic mass is 16.5. The summed E-state index contributed by atoms with van der Waals surface area (Å²) in [5.41, 5.74) is 5.83. The van der Waals surface area contributed by atoms with Crippen LogP contribution in [0.5, 0.6) is 0 Å². The Bertz CT molecular complexity index is 310. The molecule has 1 fully saturated rings. The second kappa shape index (κ2) is 7.48. The molecule has 1 amide bonds. The Kier molecular flexibility index (Phi) is 6.28. The molecule has 1 rings (SSSR count). The zero-order valence-corrected chi connectivity index (χ0v) is 12.1. The number of hydrogen-bond donors (Lipinski definition) is 2. The lowest BCUT2D eigenvalue weighted by Gasteiger charge is -2.27. The number of ether oxygens (including phenoxy) is 1. The van der Waals surface area contributed by atoms with Crippen LogP contribution in [0.25, 0.3) is 0 Å². The first-order chi connectivity index (χ1) is 8.93. The minimum Gasteiger partial charge on any atom is -0.467 e. The largest absolute Gasteiger partial charge is 0.467 e. The molecule has 1 atom stereocenters. The van der Waals surface area contributed by atoms with Gasteiger partial charge in [-0.25, -0.2) is 4.79 Å². The van der Waals surface area contributed by atoms with Crippen molar-refractivity contribution in [3.05, 3.63) is 0 Å². The minimum atomic E-state index is -0.534. The van der Waals surface area contributed by atoms with E-state index in [9.17, 15) is 9.59 Å². The molecule has 0 aromatic rings. The molecular weight excluding hydrogens is 244 g/mol. The van der Waals surface area contributed by atoms with Gasteiger partial charge in [-0.15, -0.1) is 0 Å². The summed E-state index contributed by atoms with van der Waals surface area (Å²) in [6.07, 6.45) is 3.98. The van der Waals surface area contributed by atoms with Crippen molar-refractivity contribution in [2.75, 3.05) is 7.11 Å². The maximum atomic E-state index is 12.2. The maximum absolute atomic E-state index is 12.2. The highest BCUT2D eigenvalue weighted by Gasteiger charge is 2.29. The van der Waals surface area contributed by atoms with Crippen LogP contribution in [-0.2, 0) is 14.3 Å². The number of methoxy groups -OCH3 is 1. The Labute approximate surface area is 115 Å². The van der Waals surface area contributed by atoms with Crippen molar-refractivity contribution in [3.63, 3.8) is 0 Å². The van der Waals surface area contributed by atoms with E-state index in [0.717, 1.165) is 25.7 Å². The standard InChI is InChI=1S/C14H26N2O3/c1-9(2)8-12(14(18)19-3)16-13(17)10-4-6-11(15)7-5-10/h9-12H,4-8,15H2,1-3H3,(H,16,17). The quantitative estimate of drug-likeness (QED) is 0.736. The number of esters is 1. The van der Waals surface area contributed by atoms with Crippen LogP contribution in [0.3, 0.4) is 0 Å². The summed E-state index contributed by atoms with van der Waals surface area (Å²) in [7, 11) is 1.35. The predicted molar refractivity (Wildman–Crippen MR) is 73.3 cm³/mol. The highest BCUT2D eigenvalue weighted by Crippen LogP contribution is 2.23. The molecule has 0 bridgehead atoms. The Morgan fingerprint density at radius 1 is 1.26 bits per heavy atom. The number of carbonyl (C=O) groups excluding carboxylic acids is 2. The lowest BCUT2D eigenvalue weighted by atomic mass is 9.85. The summed E-state index contributed by atoms with van der Waals surface area (Å²) in [5.74, 6) is -0.0965. The average molecular weight is 270 g/mol. The van der Waals surface area contributed by atoms with E-state index in [-0.39, 0.29) is 23.8 Å². The fourth-order valence-electron chi connectivity index (χ4n) is 2.50. The van der Waals surface area contributed by atoms with Crippen LogP contribution in [0.4, 0.5) is 0 Å². The molecule has 0 aliphatic heterocycles. The number of hydrogen-bond acceptors (Lipinski definition) is 4. The van der Waals surface area contributed by atoms with E-state index in [1.165, 1.54) is 7.11 Å². The van der Waals surface area contributed by atoms with Crippen molar-refractivity contribution in [1.29, 1.82) is 0 Å². The average Bonchev–Trinajstić information content (AvgIpc) is 2.37. The summed E-state index contributed by atoms with van der Waals surface area (Å²) < 4.78 is 4.74. The van der Waals surface area contributed by atoms with Crippen molar-refractivity contribution < 1.29 is 14.3 Å². The number of nitrogens with two attached hydrogens (primary N) is 1.